The van der Waals surface area contributed by atoms with E-state index in [1.54, 1.807) is 55.9 Å². The quantitative estimate of drug-likeness (QED) is 0.0426. The molecule has 0 radical (unpaired) electrons. The zero-order valence-corrected chi connectivity index (χ0v) is 41.7. The van der Waals surface area contributed by atoms with E-state index >= 15 is 0 Å². The minimum absolute atomic E-state index is 0.00192. The Bertz CT molecular complexity index is 1970. The molecule has 20 nitrogen and oxygen atoms in total. The maximum absolute atomic E-state index is 12.9. The van der Waals surface area contributed by atoms with Crippen LogP contribution in [-0.4, -0.2) is 124 Å². The zero-order chi connectivity index (χ0) is 51.0. The molecule has 0 bridgehead atoms. The second-order valence-electron chi connectivity index (χ2n) is 19.6. The van der Waals surface area contributed by atoms with Crippen LogP contribution < -0.4 is 27.0 Å². The van der Waals surface area contributed by atoms with Gasteiger partial charge in [0.15, 0.2) is 0 Å². The summed E-state index contributed by atoms with van der Waals surface area (Å²) in [4.78, 5) is 86.2. The lowest BCUT2D eigenvalue weighted by atomic mass is 9.81. The van der Waals surface area contributed by atoms with Crippen LogP contribution in [0.3, 0.4) is 0 Å². The van der Waals surface area contributed by atoms with Gasteiger partial charge in [-0.3, -0.25) is 38.5 Å². The largest absolute Gasteiger partial charge is 0.460 e. The molecule has 7 N–H and O–H groups in total. The van der Waals surface area contributed by atoms with Crippen molar-refractivity contribution in [1.82, 2.24) is 35.8 Å². The summed E-state index contributed by atoms with van der Waals surface area (Å²) in [5.41, 5.74) is 6.61. The van der Waals surface area contributed by atoms with Gasteiger partial charge in [-0.05, 0) is 128 Å². The number of nitrogens with one attached hydrogen (secondary N) is 4. The van der Waals surface area contributed by atoms with E-state index in [2.05, 4.69) is 45.4 Å². The molecular weight excluding hydrogens is 891 g/mol. The van der Waals surface area contributed by atoms with Crippen LogP contribution in [0.25, 0.3) is 0 Å². The maximum atomic E-state index is 12.9. The van der Waals surface area contributed by atoms with Gasteiger partial charge in [-0.1, -0.05) is 31.2 Å². The van der Waals surface area contributed by atoms with Crippen molar-refractivity contribution < 1.29 is 52.9 Å². The number of aliphatic hydroxyl groups excluding tert-OH is 1. The van der Waals surface area contributed by atoms with Crippen molar-refractivity contribution in [1.29, 1.82) is 0 Å². The fourth-order valence-electron chi connectivity index (χ4n) is 7.15. The molecule has 0 spiro atoms. The van der Waals surface area contributed by atoms with Crippen molar-refractivity contribution >= 4 is 47.1 Å². The summed E-state index contributed by atoms with van der Waals surface area (Å²) in [6.07, 6.45) is 10.7. The topological polar surface area (TPSA) is 276 Å². The van der Waals surface area contributed by atoms with Crippen LogP contribution in [0.2, 0.25) is 0 Å². The molecule has 4 rings (SSSR count). The summed E-state index contributed by atoms with van der Waals surface area (Å²) in [5.74, 6) is -1.27. The van der Waals surface area contributed by atoms with E-state index < -0.39 is 17.4 Å². The molecule has 20 heteroatoms. The number of nitrogens with zero attached hydrogens (tertiary/aromatic N) is 4. The van der Waals surface area contributed by atoms with E-state index in [-0.39, 0.29) is 79.4 Å². The Labute approximate surface area is 406 Å². The fourth-order valence-corrected chi connectivity index (χ4v) is 7.15. The van der Waals surface area contributed by atoms with Gasteiger partial charge in [0.2, 0.25) is 23.6 Å². The number of amides is 6. The van der Waals surface area contributed by atoms with Crippen molar-refractivity contribution in [2.75, 3.05) is 51.4 Å². The predicted octanol–water partition coefficient (Wildman–Crippen LogP) is 3.31. The second kappa shape index (κ2) is 29.5. The van der Waals surface area contributed by atoms with Crippen molar-refractivity contribution in [2.45, 2.75) is 138 Å². The van der Waals surface area contributed by atoms with Gasteiger partial charge in [-0.15, -0.1) is 5.10 Å². The number of carbonyl (C=O) groups excluding carboxylic acids is 7. The number of nitrogens with two attached hydrogens (primary N) is 1. The van der Waals surface area contributed by atoms with Crippen molar-refractivity contribution in [3.05, 3.63) is 53.9 Å². The number of carbonyl (C=O) groups is 7. The molecule has 2 aliphatic rings. The summed E-state index contributed by atoms with van der Waals surface area (Å²) in [7, 11) is 0. The Morgan fingerprint density at radius 1 is 0.899 bits per heavy atom. The lowest BCUT2D eigenvalue weighted by Gasteiger charge is -2.29. The van der Waals surface area contributed by atoms with Gasteiger partial charge >= 0.3 is 5.97 Å². The van der Waals surface area contributed by atoms with E-state index in [9.17, 15) is 33.6 Å². The number of unbranched alkanes of at least 4 members (excludes halogenated alkanes) is 1. The molecule has 1 aliphatic heterocycles. The Kier molecular flexibility index (Phi) is 24.7. The Morgan fingerprint density at radius 2 is 1.57 bits per heavy atom. The first-order chi connectivity index (χ1) is 32.7. The third kappa shape index (κ3) is 22.6. The number of ether oxygens (including phenoxy) is 3. The lowest BCUT2D eigenvalue weighted by Crippen LogP contribution is -2.45. The molecule has 2 heterocycles. The highest BCUT2D eigenvalue weighted by Gasteiger charge is 2.31. The van der Waals surface area contributed by atoms with Crippen LogP contribution in [0, 0.1) is 23.2 Å². The highest BCUT2D eigenvalue weighted by atomic mass is 16.5. The van der Waals surface area contributed by atoms with Crippen LogP contribution >= 0.6 is 0 Å². The first-order valence-corrected chi connectivity index (χ1v) is 24.1. The highest BCUT2D eigenvalue weighted by molar-refractivity contribution is 6.12. The van der Waals surface area contributed by atoms with E-state index in [1.165, 1.54) is 17.1 Å². The first-order valence-electron chi connectivity index (χ1n) is 24.1. The molecular formula is C49H77N9O11. The van der Waals surface area contributed by atoms with Crippen LogP contribution in [0.1, 0.15) is 118 Å². The molecule has 6 amide bonds. The second-order valence-corrected chi connectivity index (χ2v) is 19.6. The molecule has 1 aromatic heterocycles. The number of imide groups is 1. The molecule has 1 atom stereocenters. The van der Waals surface area contributed by atoms with Crippen LogP contribution in [-0.2, 0) is 67.5 Å². The standard InChI is InChI=1S/C27H44N4O6.C22H33N5O5/c1-19(2)13-15-29-23(32)17-36-18-24(33)31-22(8-6-7-14-28)25(34)30-21-11-9-20(10-12-21)16-37-26(35)27(3,4)5;1-22(2,9-11-28)32-12-10-26-15-18(24-25-26)13-23-21(31)17-5-3-16(4-6-17)14-27-19(29)7-8-20(27)30/h9-12,19,22H,6-8,13-18,28H2,1-5H3,(H,29,32)(H,30,34)(H,31,33);7-8,15-17,28H,3-6,9-14H2,1-2H3,(H,23,31)/t22-;/m0./s1. The average Bonchev–Trinajstić information content (AvgIpc) is 3.88. The van der Waals surface area contributed by atoms with Crippen molar-refractivity contribution in [2.24, 2.45) is 28.9 Å². The van der Waals surface area contributed by atoms with Gasteiger partial charge < -0.3 is 46.3 Å². The number of anilines is 1. The average molecular weight is 968 g/mol. The lowest BCUT2D eigenvalue weighted by molar-refractivity contribution is -0.154. The minimum atomic E-state index is -0.782. The van der Waals surface area contributed by atoms with E-state index in [0.29, 0.717) is 82.3 Å². The number of hydrogen-bond donors (Lipinski definition) is 6. The number of hydrogen-bond acceptors (Lipinski definition) is 14. The summed E-state index contributed by atoms with van der Waals surface area (Å²) in [5, 5.41) is 28.4. The van der Waals surface area contributed by atoms with Crippen LogP contribution in [0.5, 0.6) is 0 Å². The summed E-state index contributed by atoms with van der Waals surface area (Å²) in [6.45, 7) is 15.8. The number of esters is 1. The molecule has 384 valence electrons. The molecule has 2 aromatic rings. The third-order valence-corrected chi connectivity index (χ3v) is 11.4. The molecule has 0 saturated heterocycles. The van der Waals surface area contributed by atoms with Gasteiger partial charge in [-0.2, -0.15) is 0 Å². The number of rotatable bonds is 27. The Balaban J connectivity index is 0.000000368. The highest BCUT2D eigenvalue weighted by Crippen LogP contribution is 2.30. The maximum Gasteiger partial charge on any atom is 0.311 e. The molecule has 1 aromatic carbocycles. The van der Waals surface area contributed by atoms with Crippen molar-refractivity contribution in [3.63, 3.8) is 0 Å². The number of benzene rings is 1. The minimum Gasteiger partial charge on any atom is -0.460 e. The summed E-state index contributed by atoms with van der Waals surface area (Å²) >= 11 is 0. The summed E-state index contributed by atoms with van der Waals surface area (Å²) < 4.78 is 17.9. The van der Waals surface area contributed by atoms with Crippen molar-refractivity contribution in [3.8, 4) is 0 Å². The number of aromatic nitrogens is 3. The SMILES string of the molecule is CC(C)(CCO)OCCn1cc(CNC(=O)C2CCC(CN3C(=O)C=CC3=O)CC2)nn1.CC(C)CCNC(=O)COCC(=O)N[C@@H](CCCCN)C(=O)Nc1ccc(COC(=O)C(C)(C)C)cc1. The Morgan fingerprint density at radius 3 is 2.19 bits per heavy atom. The predicted molar refractivity (Wildman–Crippen MR) is 257 cm³/mol. The molecule has 1 fully saturated rings. The molecule has 69 heavy (non-hydrogen) atoms. The van der Waals surface area contributed by atoms with Gasteiger partial charge in [0.05, 0.1) is 36.9 Å². The van der Waals surface area contributed by atoms with Gasteiger partial charge in [0.1, 0.15) is 31.6 Å². The molecule has 1 saturated carbocycles. The zero-order valence-electron chi connectivity index (χ0n) is 41.7. The number of aliphatic hydroxyl groups is 1. The molecule has 0 unspecified atom stereocenters. The third-order valence-electron chi connectivity index (χ3n) is 11.4. The van der Waals surface area contributed by atoms with E-state index in [0.717, 1.165) is 37.7 Å². The van der Waals surface area contributed by atoms with E-state index in [4.69, 9.17) is 25.1 Å². The smallest absolute Gasteiger partial charge is 0.311 e. The fraction of sp³-hybridized carbons (Fsp3) is 0.653. The molecule has 1 aliphatic carbocycles. The normalized spacial score (nSPS) is 16.4. The Hall–Kier alpha value is -5.57. The van der Waals surface area contributed by atoms with Crippen LogP contribution in [0.4, 0.5) is 5.69 Å². The summed E-state index contributed by atoms with van der Waals surface area (Å²) in [6, 6.07) is 6.15. The monoisotopic (exact) mass is 968 g/mol. The van der Waals surface area contributed by atoms with Crippen LogP contribution in [0.15, 0.2) is 42.6 Å². The van der Waals surface area contributed by atoms with Gasteiger partial charge in [-0.25, -0.2) is 4.68 Å². The van der Waals surface area contributed by atoms with Gasteiger partial charge in [0.25, 0.3) is 11.8 Å². The first kappa shape index (κ1) is 57.7. The van der Waals surface area contributed by atoms with E-state index in [1.807, 2.05) is 13.8 Å². The van der Waals surface area contributed by atoms with Gasteiger partial charge in [0, 0.05) is 43.5 Å².